The van der Waals surface area contributed by atoms with Crippen LogP contribution in [0.5, 0.6) is 5.75 Å². The quantitative estimate of drug-likeness (QED) is 0.616. The number of hydrogen-bond donors (Lipinski definition) is 1. The molecule has 108 valence electrons. The van der Waals surface area contributed by atoms with Crippen LogP contribution >= 0.6 is 0 Å². The normalized spacial score (nSPS) is 11.0. The zero-order valence-corrected chi connectivity index (χ0v) is 12.0. The van der Waals surface area contributed by atoms with Crippen molar-refractivity contribution < 1.29 is 9.58 Å². The number of rotatable bonds is 6. The predicted octanol–water partition coefficient (Wildman–Crippen LogP) is 0.635. The number of nitrogens with one attached hydrogen (secondary N) is 1. The van der Waals surface area contributed by atoms with Gasteiger partial charge in [-0.2, -0.15) is 0 Å². The number of anilines is 1. The fourth-order valence-electron chi connectivity index (χ4n) is 1.75. The summed E-state index contributed by atoms with van der Waals surface area (Å²) < 4.78 is 5.41. The zero-order valence-electron chi connectivity index (χ0n) is 12.0. The number of ether oxygens (including phenoxy) is 1. The molecular weight excluding hydrogens is 258 g/mol. The van der Waals surface area contributed by atoms with E-state index in [-0.39, 0.29) is 0 Å². The Morgan fingerprint density at radius 3 is 2.90 bits per heavy atom. The van der Waals surface area contributed by atoms with Crippen LogP contribution in [-0.2, 0) is 0 Å². The molecule has 1 aromatic heterocycles. The third-order valence-corrected chi connectivity index (χ3v) is 2.72. The minimum absolute atomic E-state index is 0.322. The number of aromatic nitrogens is 3. The summed E-state index contributed by atoms with van der Waals surface area (Å²) in [6, 6.07) is 5.14. The van der Waals surface area contributed by atoms with Gasteiger partial charge >= 0.3 is 0 Å². The fourth-order valence-corrected chi connectivity index (χ4v) is 1.75. The Morgan fingerprint density at radius 2 is 2.20 bits per heavy atom. The molecule has 7 nitrogen and oxygen atoms in total. The van der Waals surface area contributed by atoms with Crippen LogP contribution in [0.2, 0.25) is 0 Å². The van der Waals surface area contributed by atoms with Gasteiger partial charge in [-0.3, -0.25) is 0 Å². The highest BCUT2D eigenvalue weighted by Crippen LogP contribution is 2.17. The molecule has 0 saturated heterocycles. The molecule has 0 unspecified atom stereocenters. The van der Waals surface area contributed by atoms with Crippen molar-refractivity contribution in [1.29, 1.82) is 0 Å². The Labute approximate surface area is 117 Å². The maximum Gasteiger partial charge on any atom is 0.290 e. The Morgan fingerprint density at radius 1 is 1.40 bits per heavy atom. The van der Waals surface area contributed by atoms with E-state index in [0.29, 0.717) is 40.7 Å². The monoisotopic (exact) mass is 277 g/mol. The van der Waals surface area contributed by atoms with E-state index in [0.717, 1.165) is 6.54 Å². The van der Waals surface area contributed by atoms with Crippen LogP contribution in [0.1, 0.15) is 6.92 Å². The van der Waals surface area contributed by atoms with Crippen LogP contribution in [0.3, 0.4) is 0 Å². The van der Waals surface area contributed by atoms with E-state index >= 15 is 0 Å². The molecule has 1 aromatic carbocycles. The van der Waals surface area contributed by atoms with Crippen LogP contribution < -0.4 is 14.9 Å². The highest BCUT2D eigenvalue weighted by molar-refractivity contribution is 5.73. The van der Waals surface area contributed by atoms with Crippen LogP contribution in [0.25, 0.3) is 11.0 Å². The molecule has 0 atom stereocenters. The number of likely N-dealkylation sites (N-methyl/N-ethyl adjacent to an activating group) is 1. The maximum atomic E-state index is 11.8. The Kier molecular flexibility index (Phi) is 4.52. The largest absolute Gasteiger partial charge is 0.594 e. The highest BCUT2D eigenvalue weighted by Gasteiger charge is 2.11. The van der Waals surface area contributed by atoms with Gasteiger partial charge < -0.3 is 20.2 Å². The molecule has 0 aliphatic heterocycles. The lowest BCUT2D eigenvalue weighted by atomic mass is 10.3. The number of benzene rings is 1. The summed E-state index contributed by atoms with van der Waals surface area (Å²) in [7, 11) is 3.95. The van der Waals surface area contributed by atoms with Crippen LogP contribution in [0.15, 0.2) is 18.2 Å². The van der Waals surface area contributed by atoms with Crippen molar-refractivity contribution in [2.45, 2.75) is 6.92 Å². The SMILES string of the molecule is CCOc1ccc2c(c1)nc(NCCN(C)C)n[n+]2[O-]. The molecule has 0 spiro atoms. The minimum atomic E-state index is 0.322. The van der Waals surface area contributed by atoms with Crippen LogP contribution in [-0.4, -0.2) is 48.8 Å². The van der Waals surface area contributed by atoms with Crippen molar-refractivity contribution in [3.05, 3.63) is 23.4 Å². The summed E-state index contributed by atoms with van der Waals surface area (Å²) in [5, 5.41) is 18.7. The molecule has 0 bridgehead atoms. The van der Waals surface area contributed by atoms with Crippen LogP contribution in [0, 0.1) is 5.21 Å². The number of nitrogens with zero attached hydrogens (tertiary/aromatic N) is 4. The molecule has 0 aliphatic carbocycles. The van der Waals surface area contributed by atoms with E-state index in [9.17, 15) is 5.21 Å². The van der Waals surface area contributed by atoms with Crippen molar-refractivity contribution in [3.8, 4) is 5.75 Å². The number of hydrogen-bond acceptors (Lipinski definition) is 6. The average molecular weight is 277 g/mol. The van der Waals surface area contributed by atoms with Crippen molar-refractivity contribution in [3.63, 3.8) is 0 Å². The number of fused-ring (bicyclic) bond motifs is 1. The standard InChI is InChI=1S/C13H19N5O2/c1-4-20-10-5-6-12-11(9-10)15-13(16-18(12)19)14-7-8-17(2)3/h5-6,9H,4,7-8H2,1-3H3,(H,14,15,16). The van der Waals surface area contributed by atoms with Crippen molar-refractivity contribution in [2.75, 3.05) is 39.1 Å². The molecule has 1 heterocycles. The van der Waals surface area contributed by atoms with E-state index in [1.54, 1.807) is 18.2 Å². The minimum Gasteiger partial charge on any atom is -0.594 e. The van der Waals surface area contributed by atoms with Crippen molar-refractivity contribution >= 4 is 17.0 Å². The highest BCUT2D eigenvalue weighted by atomic mass is 16.5. The first kappa shape index (κ1) is 14.3. The molecule has 2 aromatic rings. The smallest absolute Gasteiger partial charge is 0.290 e. The summed E-state index contributed by atoms with van der Waals surface area (Å²) in [4.78, 5) is 6.95. The molecule has 7 heteroatoms. The van der Waals surface area contributed by atoms with Gasteiger partial charge in [-0.15, -0.1) is 0 Å². The molecule has 1 N–H and O–H groups in total. The summed E-state index contributed by atoms with van der Waals surface area (Å²) in [6.07, 6.45) is 0. The van der Waals surface area contributed by atoms with E-state index in [1.165, 1.54) is 0 Å². The second-order valence-corrected chi connectivity index (χ2v) is 4.62. The predicted molar refractivity (Wildman–Crippen MR) is 76.7 cm³/mol. The molecule has 20 heavy (non-hydrogen) atoms. The first-order valence-corrected chi connectivity index (χ1v) is 6.53. The second kappa shape index (κ2) is 6.33. The third kappa shape index (κ3) is 3.45. The van der Waals surface area contributed by atoms with Gasteiger partial charge in [0.1, 0.15) is 11.3 Å². The van der Waals surface area contributed by atoms with Gasteiger partial charge in [0, 0.05) is 25.2 Å². The molecule has 0 radical (unpaired) electrons. The maximum absolute atomic E-state index is 11.8. The zero-order chi connectivity index (χ0) is 14.5. The summed E-state index contributed by atoms with van der Waals surface area (Å²) in [6.45, 7) is 3.98. The van der Waals surface area contributed by atoms with Gasteiger partial charge in [-0.1, -0.05) is 0 Å². The summed E-state index contributed by atoms with van der Waals surface area (Å²) in [5.41, 5.74) is 0.986. The molecular formula is C13H19N5O2. The molecule has 0 saturated carbocycles. The second-order valence-electron chi connectivity index (χ2n) is 4.62. The van der Waals surface area contributed by atoms with E-state index in [1.807, 2.05) is 25.9 Å². The first-order valence-electron chi connectivity index (χ1n) is 6.53. The van der Waals surface area contributed by atoms with Crippen LogP contribution in [0.4, 0.5) is 5.95 Å². The Bertz CT molecular complexity index is 588. The molecule has 2 rings (SSSR count). The lowest BCUT2D eigenvalue weighted by Gasteiger charge is -2.10. The molecule has 0 amide bonds. The molecule has 0 fully saturated rings. The third-order valence-electron chi connectivity index (χ3n) is 2.72. The van der Waals surface area contributed by atoms with Crippen molar-refractivity contribution in [1.82, 2.24) is 15.0 Å². The van der Waals surface area contributed by atoms with Gasteiger partial charge in [0.25, 0.3) is 11.5 Å². The van der Waals surface area contributed by atoms with Gasteiger partial charge in [0.15, 0.2) is 0 Å². The first-order chi connectivity index (χ1) is 9.60. The van der Waals surface area contributed by atoms with Gasteiger partial charge in [-0.25, -0.2) is 4.98 Å². The van der Waals surface area contributed by atoms with Gasteiger partial charge in [-0.05, 0) is 31.9 Å². The lowest BCUT2D eigenvalue weighted by Crippen LogP contribution is -2.34. The van der Waals surface area contributed by atoms with E-state index in [2.05, 4.69) is 15.4 Å². The van der Waals surface area contributed by atoms with Crippen molar-refractivity contribution in [2.24, 2.45) is 0 Å². The summed E-state index contributed by atoms with van der Waals surface area (Å²) in [5.74, 6) is 1.01. The summed E-state index contributed by atoms with van der Waals surface area (Å²) >= 11 is 0. The molecule has 0 aliphatic rings. The van der Waals surface area contributed by atoms with E-state index < -0.39 is 0 Å². The van der Waals surface area contributed by atoms with E-state index in [4.69, 9.17) is 4.74 Å². The Hall–Kier alpha value is -2.15. The lowest BCUT2D eigenvalue weighted by molar-refractivity contribution is -0.641. The average Bonchev–Trinajstić information content (AvgIpc) is 2.38. The topological polar surface area (TPSA) is 77.2 Å². The fraction of sp³-hybridized carbons (Fsp3) is 0.462. The Balaban J connectivity index is 2.24. The van der Waals surface area contributed by atoms with Gasteiger partial charge in [0.05, 0.1) is 11.7 Å². The van der Waals surface area contributed by atoms with Gasteiger partial charge in [0.2, 0.25) is 0 Å².